The molecule has 1 amide bonds. The lowest BCUT2D eigenvalue weighted by molar-refractivity contribution is 0.0622. The van der Waals surface area contributed by atoms with Crippen LogP contribution in [0, 0.1) is 5.92 Å². The lowest BCUT2D eigenvalue weighted by Crippen LogP contribution is -2.50. The largest absolute Gasteiger partial charge is 0.336 e. The molecule has 1 aliphatic rings. The van der Waals surface area contributed by atoms with E-state index in [1.54, 1.807) is 17.0 Å². The van der Waals surface area contributed by atoms with E-state index in [-0.39, 0.29) is 17.0 Å². The Morgan fingerprint density at radius 3 is 2.32 bits per heavy atom. The molecule has 0 unspecified atom stereocenters. The first-order valence-corrected chi connectivity index (χ1v) is 8.85. The van der Waals surface area contributed by atoms with Gasteiger partial charge in [0.2, 0.25) is 0 Å². The molecule has 1 aliphatic heterocycles. The van der Waals surface area contributed by atoms with Crippen molar-refractivity contribution in [2.45, 2.75) is 13.8 Å². The molecule has 0 atom stereocenters. The molecule has 132 valence electrons. The maximum absolute atomic E-state index is 12.7. The highest BCUT2D eigenvalue weighted by Crippen LogP contribution is 2.15. The monoisotopic (exact) mass is 339 g/mol. The van der Waals surface area contributed by atoms with Crippen molar-refractivity contribution >= 4 is 5.91 Å². The topological polar surface area (TPSA) is 56.4 Å². The van der Waals surface area contributed by atoms with Crippen LogP contribution in [0.3, 0.4) is 0 Å². The average Bonchev–Trinajstić information content (AvgIpc) is 2.62. The molecule has 1 aromatic carbocycles. The van der Waals surface area contributed by atoms with Crippen LogP contribution >= 0.6 is 0 Å². The number of carbonyl (C=O) groups excluding carboxylic acids is 1. The lowest BCUT2D eigenvalue weighted by Gasteiger charge is -2.35. The fourth-order valence-electron chi connectivity index (χ4n) is 3.25. The number of nitrogens with one attached hydrogen (secondary N) is 1. The van der Waals surface area contributed by atoms with Crippen molar-refractivity contribution < 1.29 is 4.79 Å². The second-order valence-corrected chi connectivity index (χ2v) is 6.97. The van der Waals surface area contributed by atoms with Gasteiger partial charge in [0, 0.05) is 38.4 Å². The van der Waals surface area contributed by atoms with E-state index in [2.05, 4.69) is 23.7 Å². The number of nitrogens with zero attached hydrogens (tertiary/aromatic N) is 2. The molecular formula is C20H25N3O2. The Labute approximate surface area is 148 Å². The first-order chi connectivity index (χ1) is 12.0. The van der Waals surface area contributed by atoms with E-state index in [1.165, 1.54) is 0 Å². The van der Waals surface area contributed by atoms with E-state index in [0.29, 0.717) is 19.0 Å². The Balaban J connectivity index is 1.70. The van der Waals surface area contributed by atoms with Crippen LogP contribution in [0.2, 0.25) is 0 Å². The number of hydrogen-bond acceptors (Lipinski definition) is 3. The molecule has 3 rings (SSSR count). The Bertz CT molecular complexity index is 775. The molecule has 0 radical (unpaired) electrons. The molecule has 0 spiro atoms. The van der Waals surface area contributed by atoms with Crippen molar-refractivity contribution in [3.63, 3.8) is 0 Å². The van der Waals surface area contributed by atoms with Gasteiger partial charge >= 0.3 is 0 Å². The SMILES string of the molecule is CC(C)CN1CCN(C(=O)c2ccc(-c3ccccc3)[nH]c2=O)CC1. The zero-order valence-corrected chi connectivity index (χ0v) is 14.9. The maximum atomic E-state index is 12.7. The second kappa shape index (κ2) is 7.66. The molecule has 0 saturated carbocycles. The number of pyridine rings is 1. The van der Waals surface area contributed by atoms with Gasteiger partial charge in [0.15, 0.2) is 0 Å². The van der Waals surface area contributed by atoms with Gasteiger partial charge in [-0.25, -0.2) is 0 Å². The summed E-state index contributed by atoms with van der Waals surface area (Å²) in [5, 5.41) is 0. The number of rotatable bonds is 4. The zero-order chi connectivity index (χ0) is 17.8. The summed E-state index contributed by atoms with van der Waals surface area (Å²) in [6, 6.07) is 13.1. The van der Waals surface area contributed by atoms with E-state index in [0.717, 1.165) is 30.9 Å². The van der Waals surface area contributed by atoms with Crippen LogP contribution in [0.1, 0.15) is 24.2 Å². The molecule has 1 N–H and O–H groups in total. The number of hydrogen-bond donors (Lipinski definition) is 1. The highest BCUT2D eigenvalue weighted by Gasteiger charge is 2.24. The Kier molecular flexibility index (Phi) is 5.34. The normalized spacial score (nSPS) is 15.6. The Hall–Kier alpha value is -2.40. The van der Waals surface area contributed by atoms with Gasteiger partial charge in [-0.05, 0) is 23.6 Å². The van der Waals surface area contributed by atoms with E-state index in [1.807, 2.05) is 30.3 Å². The van der Waals surface area contributed by atoms with Gasteiger partial charge < -0.3 is 9.88 Å². The number of carbonyl (C=O) groups is 1. The van der Waals surface area contributed by atoms with Gasteiger partial charge in [-0.1, -0.05) is 44.2 Å². The number of piperazine rings is 1. The van der Waals surface area contributed by atoms with Crippen molar-refractivity contribution in [2.75, 3.05) is 32.7 Å². The molecule has 0 bridgehead atoms. The van der Waals surface area contributed by atoms with Crippen LogP contribution in [0.5, 0.6) is 0 Å². The molecule has 1 saturated heterocycles. The molecule has 25 heavy (non-hydrogen) atoms. The molecule has 2 aromatic rings. The second-order valence-electron chi connectivity index (χ2n) is 6.97. The summed E-state index contributed by atoms with van der Waals surface area (Å²) < 4.78 is 0. The third-order valence-electron chi connectivity index (χ3n) is 4.51. The molecule has 2 heterocycles. The first-order valence-electron chi connectivity index (χ1n) is 8.85. The van der Waals surface area contributed by atoms with Crippen molar-refractivity contribution in [1.29, 1.82) is 0 Å². The van der Waals surface area contributed by atoms with E-state index >= 15 is 0 Å². The van der Waals surface area contributed by atoms with Crippen LogP contribution in [-0.4, -0.2) is 53.4 Å². The van der Waals surface area contributed by atoms with Gasteiger partial charge in [-0.15, -0.1) is 0 Å². The number of benzene rings is 1. The summed E-state index contributed by atoms with van der Waals surface area (Å²) in [6.07, 6.45) is 0. The standard InChI is InChI=1S/C20H25N3O2/c1-15(2)14-22-10-12-23(13-11-22)20(25)17-8-9-18(21-19(17)24)16-6-4-3-5-7-16/h3-9,15H,10-14H2,1-2H3,(H,21,24). The fraction of sp³-hybridized carbons (Fsp3) is 0.400. The van der Waals surface area contributed by atoms with Crippen molar-refractivity contribution in [1.82, 2.24) is 14.8 Å². The number of aromatic amines is 1. The minimum absolute atomic E-state index is 0.176. The average molecular weight is 339 g/mol. The maximum Gasteiger partial charge on any atom is 0.261 e. The summed E-state index contributed by atoms with van der Waals surface area (Å²) in [6.45, 7) is 8.52. The molecular weight excluding hydrogens is 314 g/mol. The third-order valence-corrected chi connectivity index (χ3v) is 4.51. The predicted molar refractivity (Wildman–Crippen MR) is 99.7 cm³/mol. The zero-order valence-electron chi connectivity index (χ0n) is 14.9. The molecule has 1 aromatic heterocycles. The van der Waals surface area contributed by atoms with E-state index in [9.17, 15) is 9.59 Å². The minimum Gasteiger partial charge on any atom is -0.336 e. The van der Waals surface area contributed by atoms with Gasteiger partial charge in [0.05, 0.1) is 0 Å². The van der Waals surface area contributed by atoms with Gasteiger partial charge in [-0.2, -0.15) is 0 Å². The molecule has 5 heteroatoms. The number of amides is 1. The van der Waals surface area contributed by atoms with Crippen LogP contribution in [0.4, 0.5) is 0 Å². The highest BCUT2D eigenvalue weighted by molar-refractivity contribution is 5.94. The predicted octanol–water partition coefficient (Wildman–Crippen LogP) is 2.46. The number of H-pyrrole nitrogens is 1. The minimum atomic E-state index is -0.323. The van der Waals surface area contributed by atoms with E-state index < -0.39 is 0 Å². The molecule has 1 fully saturated rings. The quantitative estimate of drug-likeness (QED) is 0.931. The summed E-state index contributed by atoms with van der Waals surface area (Å²) in [5.74, 6) is 0.445. The van der Waals surface area contributed by atoms with Crippen LogP contribution < -0.4 is 5.56 Å². The van der Waals surface area contributed by atoms with E-state index in [4.69, 9.17) is 0 Å². The molecule has 0 aliphatic carbocycles. The summed E-state index contributed by atoms with van der Waals surface area (Å²) in [4.78, 5) is 32.1. The van der Waals surface area contributed by atoms with Gasteiger partial charge in [0.25, 0.3) is 11.5 Å². The Morgan fingerprint density at radius 1 is 1.04 bits per heavy atom. The fourth-order valence-corrected chi connectivity index (χ4v) is 3.25. The first kappa shape index (κ1) is 17.4. The van der Waals surface area contributed by atoms with Crippen LogP contribution in [-0.2, 0) is 0 Å². The molecule has 5 nitrogen and oxygen atoms in total. The summed E-state index contributed by atoms with van der Waals surface area (Å²) in [7, 11) is 0. The highest BCUT2D eigenvalue weighted by atomic mass is 16.2. The van der Waals surface area contributed by atoms with Crippen LogP contribution in [0.25, 0.3) is 11.3 Å². The van der Waals surface area contributed by atoms with Gasteiger partial charge in [-0.3, -0.25) is 14.5 Å². The van der Waals surface area contributed by atoms with Crippen molar-refractivity contribution in [3.8, 4) is 11.3 Å². The summed E-state index contributed by atoms with van der Waals surface area (Å²) >= 11 is 0. The summed E-state index contributed by atoms with van der Waals surface area (Å²) in [5.41, 5.74) is 1.55. The third kappa shape index (κ3) is 4.17. The Morgan fingerprint density at radius 2 is 1.72 bits per heavy atom. The van der Waals surface area contributed by atoms with Crippen molar-refractivity contribution in [3.05, 3.63) is 58.4 Å². The lowest BCUT2D eigenvalue weighted by atomic mass is 10.1. The number of aromatic nitrogens is 1. The van der Waals surface area contributed by atoms with Crippen LogP contribution in [0.15, 0.2) is 47.3 Å². The van der Waals surface area contributed by atoms with Gasteiger partial charge in [0.1, 0.15) is 5.56 Å². The smallest absolute Gasteiger partial charge is 0.261 e. The van der Waals surface area contributed by atoms with Crippen molar-refractivity contribution in [2.24, 2.45) is 5.92 Å².